The van der Waals surface area contributed by atoms with Crippen LogP contribution in [0.1, 0.15) is 20.1 Å². The largest absolute Gasteiger partial charge is 0.502 e. The summed E-state index contributed by atoms with van der Waals surface area (Å²) in [5.74, 6) is -1.61. The molecule has 0 radical (unpaired) electrons. The van der Waals surface area contributed by atoms with Crippen LogP contribution in [-0.4, -0.2) is 62.7 Å². The lowest BCUT2D eigenvalue weighted by Crippen LogP contribution is -2.56. The third-order valence-electron chi connectivity index (χ3n) is 4.78. The van der Waals surface area contributed by atoms with Crippen LogP contribution in [0.15, 0.2) is 15.8 Å². The van der Waals surface area contributed by atoms with Crippen LogP contribution in [0, 0.1) is 0 Å². The molecule has 0 spiro atoms. The zero-order chi connectivity index (χ0) is 17.3. The molecule has 0 amide bonds. The van der Waals surface area contributed by atoms with E-state index in [4.69, 9.17) is 18.9 Å². The molecule has 0 aromatic carbocycles. The van der Waals surface area contributed by atoms with E-state index in [1.54, 1.807) is 13.8 Å². The van der Waals surface area contributed by atoms with E-state index in [2.05, 4.69) is 0 Å². The quantitative estimate of drug-likeness (QED) is 0.587. The summed E-state index contributed by atoms with van der Waals surface area (Å²) in [7, 11) is 0. The maximum Gasteiger partial charge on any atom is 0.330 e. The lowest BCUT2D eigenvalue weighted by atomic mass is 9.83. The second-order valence-electron chi connectivity index (χ2n) is 6.72. The van der Waals surface area contributed by atoms with Gasteiger partial charge in [0, 0.05) is 0 Å². The first-order valence-electron chi connectivity index (χ1n) is 7.53. The van der Waals surface area contributed by atoms with Gasteiger partial charge in [-0.05, 0) is 13.8 Å². The molecule has 1 aromatic heterocycles. The first-order chi connectivity index (χ1) is 11.2. The number of aromatic amines is 1. The fourth-order valence-corrected chi connectivity index (χ4v) is 4.00. The molecule has 0 bridgehead atoms. The Bertz CT molecular complexity index is 801. The molecule has 132 valence electrons. The molecule has 10 heteroatoms. The standard InChI is InChI=1S/C14H18N2O8/c1-12(2)23-13-5-21-6-14(13,24-12)10(22-8(13)4-17)16-3-7(18)9(19)15-11(16)20/h3,8,10,17-18H,4-6H2,1-2H3,(H,15,19,20)/t8-,10-,13-,14?/m1/s1. The lowest BCUT2D eigenvalue weighted by Gasteiger charge is -2.31. The number of H-pyrrole nitrogens is 1. The van der Waals surface area contributed by atoms with E-state index < -0.39 is 46.3 Å². The van der Waals surface area contributed by atoms with Crippen LogP contribution in [0.2, 0.25) is 0 Å². The van der Waals surface area contributed by atoms with Crippen LogP contribution < -0.4 is 11.2 Å². The fourth-order valence-electron chi connectivity index (χ4n) is 4.00. The minimum atomic E-state index is -1.20. The van der Waals surface area contributed by atoms with Gasteiger partial charge in [0.2, 0.25) is 0 Å². The van der Waals surface area contributed by atoms with Crippen molar-refractivity contribution in [2.24, 2.45) is 0 Å². The van der Waals surface area contributed by atoms with Crippen molar-refractivity contribution in [3.05, 3.63) is 27.0 Å². The summed E-state index contributed by atoms with van der Waals surface area (Å²) in [4.78, 5) is 25.6. The second kappa shape index (κ2) is 4.67. The summed E-state index contributed by atoms with van der Waals surface area (Å²) < 4.78 is 24.5. The number of aromatic nitrogens is 2. The third kappa shape index (κ3) is 1.77. The summed E-state index contributed by atoms with van der Waals surface area (Å²) in [5, 5.41) is 19.4. The Labute approximate surface area is 135 Å². The number of aliphatic hydroxyl groups excluding tert-OH is 1. The first kappa shape index (κ1) is 15.8. The zero-order valence-corrected chi connectivity index (χ0v) is 13.1. The molecule has 3 aliphatic heterocycles. The molecule has 4 atom stereocenters. The third-order valence-corrected chi connectivity index (χ3v) is 4.78. The summed E-state index contributed by atoms with van der Waals surface area (Å²) in [6, 6.07) is 0. The van der Waals surface area contributed by atoms with Crippen LogP contribution in [0.5, 0.6) is 5.75 Å². The molecular weight excluding hydrogens is 324 g/mol. The minimum Gasteiger partial charge on any atom is -0.502 e. The van der Waals surface area contributed by atoms with Gasteiger partial charge < -0.3 is 29.2 Å². The van der Waals surface area contributed by atoms with Crippen LogP contribution in [0.4, 0.5) is 0 Å². The minimum absolute atomic E-state index is 0.0733. The highest BCUT2D eigenvalue weighted by Crippen LogP contribution is 2.60. The van der Waals surface area contributed by atoms with Crippen molar-refractivity contribution in [2.75, 3.05) is 19.8 Å². The molecule has 1 aromatic rings. The van der Waals surface area contributed by atoms with Crippen molar-refractivity contribution in [2.45, 2.75) is 43.2 Å². The van der Waals surface area contributed by atoms with Crippen molar-refractivity contribution < 1.29 is 29.2 Å². The number of hydrogen-bond donors (Lipinski definition) is 3. The maximum absolute atomic E-state index is 12.2. The van der Waals surface area contributed by atoms with Crippen LogP contribution in [0.3, 0.4) is 0 Å². The average molecular weight is 342 g/mol. The summed E-state index contributed by atoms with van der Waals surface area (Å²) in [5.41, 5.74) is -3.97. The van der Waals surface area contributed by atoms with E-state index >= 15 is 0 Å². The molecule has 0 aliphatic carbocycles. The van der Waals surface area contributed by atoms with Crippen LogP contribution >= 0.6 is 0 Å². The predicted octanol–water partition coefficient (Wildman–Crippen LogP) is -1.58. The van der Waals surface area contributed by atoms with E-state index in [9.17, 15) is 19.8 Å². The highest BCUT2D eigenvalue weighted by Gasteiger charge is 2.78. The number of aliphatic hydroxyl groups is 1. The fraction of sp³-hybridized carbons (Fsp3) is 0.714. The summed E-state index contributed by atoms with van der Waals surface area (Å²) >= 11 is 0. The molecule has 10 nitrogen and oxygen atoms in total. The molecule has 0 saturated carbocycles. The Morgan fingerprint density at radius 3 is 2.67 bits per heavy atom. The van der Waals surface area contributed by atoms with E-state index in [1.165, 1.54) is 0 Å². The van der Waals surface area contributed by atoms with Gasteiger partial charge in [0.25, 0.3) is 5.56 Å². The second-order valence-corrected chi connectivity index (χ2v) is 6.72. The van der Waals surface area contributed by atoms with Gasteiger partial charge in [-0.3, -0.25) is 14.3 Å². The molecule has 4 rings (SSSR count). The number of nitrogens with one attached hydrogen (secondary N) is 1. The smallest absolute Gasteiger partial charge is 0.330 e. The van der Waals surface area contributed by atoms with Gasteiger partial charge >= 0.3 is 5.69 Å². The molecule has 24 heavy (non-hydrogen) atoms. The van der Waals surface area contributed by atoms with E-state index in [-0.39, 0.29) is 19.8 Å². The summed E-state index contributed by atoms with van der Waals surface area (Å²) in [6.45, 7) is 3.27. The van der Waals surface area contributed by atoms with Gasteiger partial charge in [0.15, 0.2) is 29.0 Å². The Morgan fingerprint density at radius 1 is 1.29 bits per heavy atom. The molecule has 4 heterocycles. The zero-order valence-electron chi connectivity index (χ0n) is 13.1. The number of rotatable bonds is 2. The predicted molar refractivity (Wildman–Crippen MR) is 76.5 cm³/mol. The van der Waals surface area contributed by atoms with Crippen molar-refractivity contribution in [3.8, 4) is 5.75 Å². The Morgan fingerprint density at radius 2 is 1.96 bits per heavy atom. The Kier molecular flexibility index (Phi) is 3.07. The van der Waals surface area contributed by atoms with E-state index in [0.717, 1.165) is 10.8 Å². The average Bonchev–Trinajstić information content (AvgIpc) is 3.00. The number of ether oxygens (including phenoxy) is 4. The van der Waals surface area contributed by atoms with E-state index in [0.29, 0.717) is 0 Å². The monoisotopic (exact) mass is 342 g/mol. The lowest BCUT2D eigenvalue weighted by molar-refractivity contribution is -0.249. The van der Waals surface area contributed by atoms with Crippen molar-refractivity contribution in [3.63, 3.8) is 0 Å². The molecule has 3 saturated heterocycles. The first-order valence-corrected chi connectivity index (χ1v) is 7.53. The highest BCUT2D eigenvalue weighted by molar-refractivity contribution is 5.23. The summed E-state index contributed by atoms with van der Waals surface area (Å²) in [6.07, 6.45) is -0.861. The van der Waals surface area contributed by atoms with Gasteiger partial charge in [0.05, 0.1) is 26.0 Å². The van der Waals surface area contributed by atoms with Crippen LogP contribution in [0.25, 0.3) is 0 Å². The number of nitrogens with zero attached hydrogens (tertiary/aromatic N) is 1. The van der Waals surface area contributed by atoms with Crippen molar-refractivity contribution in [1.29, 1.82) is 0 Å². The van der Waals surface area contributed by atoms with Gasteiger partial charge in [-0.15, -0.1) is 0 Å². The SMILES string of the molecule is CC1(C)OC23COC[C@@]2(O1)[C@@H](CO)O[C@H]3n1cc(O)c(=O)[nH]c1=O. The Balaban J connectivity index is 1.90. The molecule has 3 N–H and O–H groups in total. The number of hydrogen-bond acceptors (Lipinski definition) is 8. The highest BCUT2D eigenvalue weighted by atomic mass is 16.8. The molecule has 3 fully saturated rings. The van der Waals surface area contributed by atoms with Crippen LogP contribution in [-0.2, 0) is 18.9 Å². The number of aromatic hydroxyl groups is 1. The van der Waals surface area contributed by atoms with Gasteiger partial charge in [-0.25, -0.2) is 4.79 Å². The molecular formula is C14H18N2O8. The van der Waals surface area contributed by atoms with Gasteiger partial charge in [0.1, 0.15) is 6.10 Å². The van der Waals surface area contributed by atoms with Crippen molar-refractivity contribution >= 4 is 0 Å². The van der Waals surface area contributed by atoms with Gasteiger partial charge in [-0.1, -0.05) is 0 Å². The Hall–Kier alpha value is -1.72. The van der Waals surface area contributed by atoms with E-state index in [1.807, 2.05) is 4.98 Å². The van der Waals surface area contributed by atoms with Gasteiger partial charge in [-0.2, -0.15) is 0 Å². The maximum atomic E-state index is 12.2. The normalized spacial score (nSPS) is 39.8. The molecule has 3 aliphatic rings. The topological polar surface area (TPSA) is 132 Å². The van der Waals surface area contributed by atoms with Crippen molar-refractivity contribution in [1.82, 2.24) is 9.55 Å². The molecule has 1 unspecified atom stereocenters.